The molecule has 0 aliphatic rings. The Bertz CT molecular complexity index is 508. The number of alkyl carbamates (subject to hydrolysis) is 1. The predicted octanol–water partition coefficient (Wildman–Crippen LogP) is 3.12. The van der Waals surface area contributed by atoms with E-state index in [0.717, 1.165) is 11.1 Å². The standard InChI is InChI=1S/C18H29NO4/c1-12(2)13-8-6-7-9-14(13)16(21)15(20)10-11-19-17(22)23-18(3,4)5/h6-9,12,15-16,20-21H,10-11H2,1-5H3,(H,19,22). The fraction of sp³-hybridized carbons (Fsp3) is 0.611. The summed E-state index contributed by atoms with van der Waals surface area (Å²) < 4.78 is 5.12. The van der Waals surface area contributed by atoms with E-state index >= 15 is 0 Å². The summed E-state index contributed by atoms with van der Waals surface area (Å²) in [6.07, 6.45) is -2.21. The third kappa shape index (κ3) is 6.59. The number of amides is 1. The highest BCUT2D eigenvalue weighted by Crippen LogP contribution is 2.27. The highest BCUT2D eigenvalue weighted by Gasteiger charge is 2.22. The van der Waals surface area contributed by atoms with Gasteiger partial charge in [0.1, 0.15) is 11.7 Å². The Morgan fingerprint density at radius 1 is 1.17 bits per heavy atom. The van der Waals surface area contributed by atoms with Gasteiger partial charge in [-0.15, -0.1) is 0 Å². The van der Waals surface area contributed by atoms with E-state index in [4.69, 9.17) is 4.74 Å². The van der Waals surface area contributed by atoms with Gasteiger partial charge in [0.15, 0.2) is 0 Å². The number of carbonyl (C=O) groups is 1. The van der Waals surface area contributed by atoms with Crippen molar-refractivity contribution in [3.8, 4) is 0 Å². The van der Waals surface area contributed by atoms with E-state index in [9.17, 15) is 15.0 Å². The van der Waals surface area contributed by atoms with E-state index in [2.05, 4.69) is 5.32 Å². The first-order valence-electron chi connectivity index (χ1n) is 8.03. The summed E-state index contributed by atoms with van der Waals surface area (Å²) in [5.41, 5.74) is 1.18. The number of hydrogen-bond donors (Lipinski definition) is 3. The molecule has 2 atom stereocenters. The third-order valence-electron chi connectivity index (χ3n) is 3.41. The zero-order valence-corrected chi connectivity index (χ0v) is 14.7. The molecule has 23 heavy (non-hydrogen) atoms. The Morgan fingerprint density at radius 2 is 1.74 bits per heavy atom. The molecule has 0 aromatic heterocycles. The minimum Gasteiger partial charge on any atom is -0.444 e. The number of aliphatic hydroxyl groups is 2. The van der Waals surface area contributed by atoms with Gasteiger partial charge in [-0.2, -0.15) is 0 Å². The maximum atomic E-state index is 11.5. The van der Waals surface area contributed by atoms with Gasteiger partial charge in [-0.25, -0.2) is 4.79 Å². The molecule has 0 bridgehead atoms. The summed E-state index contributed by atoms with van der Waals surface area (Å²) in [7, 11) is 0. The molecular weight excluding hydrogens is 294 g/mol. The van der Waals surface area contributed by atoms with Crippen LogP contribution in [0.4, 0.5) is 4.79 Å². The topological polar surface area (TPSA) is 78.8 Å². The van der Waals surface area contributed by atoms with Crippen LogP contribution in [-0.2, 0) is 4.74 Å². The van der Waals surface area contributed by atoms with Crippen LogP contribution in [0.25, 0.3) is 0 Å². The number of ether oxygens (including phenoxy) is 1. The number of benzene rings is 1. The van der Waals surface area contributed by atoms with E-state index in [0.29, 0.717) is 0 Å². The van der Waals surface area contributed by atoms with E-state index in [1.54, 1.807) is 20.8 Å². The molecule has 0 fully saturated rings. The van der Waals surface area contributed by atoms with Crippen LogP contribution in [0.2, 0.25) is 0 Å². The van der Waals surface area contributed by atoms with Crippen LogP contribution in [0, 0.1) is 0 Å². The van der Waals surface area contributed by atoms with Crippen molar-refractivity contribution in [2.75, 3.05) is 6.54 Å². The van der Waals surface area contributed by atoms with Crippen LogP contribution >= 0.6 is 0 Å². The minimum atomic E-state index is -0.978. The Balaban J connectivity index is 2.55. The normalized spacial score (nSPS) is 14.4. The largest absolute Gasteiger partial charge is 0.444 e. The molecule has 0 aliphatic carbocycles. The molecule has 1 aromatic carbocycles. The highest BCUT2D eigenvalue weighted by atomic mass is 16.6. The molecule has 3 N–H and O–H groups in total. The number of hydrogen-bond acceptors (Lipinski definition) is 4. The van der Waals surface area contributed by atoms with Crippen molar-refractivity contribution in [2.24, 2.45) is 0 Å². The van der Waals surface area contributed by atoms with Crippen molar-refractivity contribution in [1.82, 2.24) is 5.32 Å². The molecule has 5 heteroatoms. The van der Waals surface area contributed by atoms with Gasteiger partial charge in [0.2, 0.25) is 0 Å². The van der Waals surface area contributed by atoms with Crippen molar-refractivity contribution in [3.63, 3.8) is 0 Å². The zero-order valence-electron chi connectivity index (χ0n) is 14.7. The molecule has 1 rings (SSSR count). The molecule has 0 aliphatic heterocycles. The number of carbonyl (C=O) groups excluding carboxylic acids is 1. The molecule has 130 valence electrons. The second kappa shape index (κ2) is 8.31. The molecule has 0 saturated carbocycles. The van der Waals surface area contributed by atoms with Crippen LogP contribution < -0.4 is 5.32 Å². The second-order valence-electron chi connectivity index (χ2n) is 7.01. The monoisotopic (exact) mass is 323 g/mol. The van der Waals surface area contributed by atoms with Crippen molar-refractivity contribution in [2.45, 2.75) is 64.8 Å². The van der Waals surface area contributed by atoms with Crippen LogP contribution in [-0.4, -0.2) is 34.6 Å². The first-order valence-corrected chi connectivity index (χ1v) is 8.03. The zero-order chi connectivity index (χ0) is 17.6. The molecule has 1 amide bonds. The lowest BCUT2D eigenvalue weighted by atomic mass is 9.91. The molecule has 1 aromatic rings. The highest BCUT2D eigenvalue weighted by molar-refractivity contribution is 5.67. The van der Waals surface area contributed by atoms with Crippen LogP contribution in [0.1, 0.15) is 64.2 Å². The van der Waals surface area contributed by atoms with Gasteiger partial charge in [-0.05, 0) is 44.2 Å². The summed E-state index contributed by atoms with van der Waals surface area (Å²) in [6.45, 7) is 9.68. The van der Waals surface area contributed by atoms with Gasteiger partial charge in [0.05, 0.1) is 6.10 Å². The number of rotatable bonds is 6. The fourth-order valence-corrected chi connectivity index (χ4v) is 2.31. The molecular formula is C18H29NO4. The maximum absolute atomic E-state index is 11.5. The molecule has 0 radical (unpaired) electrons. The maximum Gasteiger partial charge on any atom is 0.407 e. The summed E-state index contributed by atoms with van der Waals surface area (Å²) in [5, 5.41) is 23.1. The Labute approximate surface area is 138 Å². The van der Waals surface area contributed by atoms with Gasteiger partial charge in [0, 0.05) is 6.54 Å². The van der Waals surface area contributed by atoms with E-state index in [1.165, 1.54) is 0 Å². The molecule has 0 spiro atoms. The van der Waals surface area contributed by atoms with Crippen LogP contribution in [0.3, 0.4) is 0 Å². The summed E-state index contributed by atoms with van der Waals surface area (Å²) in [5.74, 6) is 0.257. The number of aliphatic hydroxyl groups excluding tert-OH is 2. The first kappa shape index (κ1) is 19.5. The third-order valence-corrected chi connectivity index (χ3v) is 3.41. The lowest BCUT2D eigenvalue weighted by Crippen LogP contribution is -2.34. The summed E-state index contributed by atoms with van der Waals surface area (Å²) >= 11 is 0. The summed E-state index contributed by atoms with van der Waals surface area (Å²) in [6, 6.07) is 7.54. The average Bonchev–Trinajstić information content (AvgIpc) is 2.44. The van der Waals surface area contributed by atoms with Crippen molar-refractivity contribution >= 4 is 6.09 Å². The van der Waals surface area contributed by atoms with E-state index < -0.39 is 23.9 Å². The van der Waals surface area contributed by atoms with Crippen molar-refractivity contribution < 1.29 is 19.7 Å². The van der Waals surface area contributed by atoms with Crippen LogP contribution in [0.5, 0.6) is 0 Å². The quantitative estimate of drug-likeness (QED) is 0.751. The number of nitrogens with one attached hydrogen (secondary N) is 1. The van der Waals surface area contributed by atoms with Gasteiger partial charge < -0.3 is 20.3 Å². The van der Waals surface area contributed by atoms with Gasteiger partial charge >= 0.3 is 6.09 Å². The summed E-state index contributed by atoms with van der Waals surface area (Å²) in [4.78, 5) is 11.5. The molecule has 0 saturated heterocycles. The van der Waals surface area contributed by atoms with Gasteiger partial charge in [0.25, 0.3) is 0 Å². The first-order chi connectivity index (χ1) is 10.6. The van der Waals surface area contributed by atoms with E-state index in [1.807, 2.05) is 38.1 Å². The SMILES string of the molecule is CC(C)c1ccccc1C(O)C(O)CCNC(=O)OC(C)(C)C. The van der Waals surface area contributed by atoms with Gasteiger partial charge in [-0.3, -0.25) is 0 Å². The fourth-order valence-electron chi connectivity index (χ4n) is 2.31. The second-order valence-corrected chi connectivity index (χ2v) is 7.01. The Hall–Kier alpha value is -1.59. The van der Waals surface area contributed by atoms with Crippen molar-refractivity contribution in [1.29, 1.82) is 0 Å². The lowest BCUT2D eigenvalue weighted by molar-refractivity contribution is 0.0117. The van der Waals surface area contributed by atoms with E-state index in [-0.39, 0.29) is 18.9 Å². The smallest absolute Gasteiger partial charge is 0.407 e. The minimum absolute atomic E-state index is 0.233. The average molecular weight is 323 g/mol. The molecule has 0 heterocycles. The Morgan fingerprint density at radius 3 is 2.26 bits per heavy atom. The molecule has 2 unspecified atom stereocenters. The van der Waals surface area contributed by atoms with Crippen LogP contribution in [0.15, 0.2) is 24.3 Å². The lowest BCUT2D eigenvalue weighted by Gasteiger charge is -2.23. The van der Waals surface area contributed by atoms with Gasteiger partial charge in [-0.1, -0.05) is 38.1 Å². The van der Waals surface area contributed by atoms with Crippen molar-refractivity contribution in [3.05, 3.63) is 35.4 Å². The predicted molar refractivity (Wildman–Crippen MR) is 90.4 cm³/mol. The Kier molecular flexibility index (Phi) is 7.03. The molecule has 5 nitrogen and oxygen atoms in total.